The second kappa shape index (κ2) is 6.31. The van der Waals surface area contributed by atoms with Crippen LogP contribution < -0.4 is 5.32 Å². The Kier molecular flexibility index (Phi) is 4.88. The lowest BCUT2D eigenvalue weighted by Crippen LogP contribution is -2.38. The Bertz CT molecular complexity index is 642. The number of benzene rings is 1. The number of hydrogen-bond donors (Lipinski definition) is 1. The molecule has 1 atom stereocenters. The van der Waals surface area contributed by atoms with Crippen molar-refractivity contribution in [3.8, 4) is 0 Å². The predicted octanol–water partition coefficient (Wildman–Crippen LogP) is 1.11. The molecule has 1 aliphatic rings. The highest BCUT2D eigenvalue weighted by Gasteiger charge is 2.30. The number of hydrogen-bond acceptors (Lipinski definition) is 5. The van der Waals surface area contributed by atoms with Gasteiger partial charge in [0.25, 0.3) is 0 Å². The molecule has 0 aromatic heterocycles. The van der Waals surface area contributed by atoms with Crippen LogP contribution in [-0.2, 0) is 14.8 Å². The maximum absolute atomic E-state index is 12.5. The number of sulfonamides is 1. The van der Waals surface area contributed by atoms with Gasteiger partial charge in [0.05, 0.1) is 22.6 Å². The van der Waals surface area contributed by atoms with Gasteiger partial charge in [0, 0.05) is 19.6 Å². The lowest BCUT2D eigenvalue weighted by atomic mass is 10.2. The molecule has 1 saturated heterocycles. The van der Waals surface area contributed by atoms with Gasteiger partial charge in [0.15, 0.2) is 0 Å². The van der Waals surface area contributed by atoms with Crippen LogP contribution in [0.15, 0.2) is 23.1 Å². The van der Waals surface area contributed by atoms with Crippen LogP contribution in [0.5, 0.6) is 0 Å². The van der Waals surface area contributed by atoms with Crippen molar-refractivity contribution < 1.29 is 17.9 Å². The van der Waals surface area contributed by atoms with Gasteiger partial charge in [-0.05, 0) is 31.2 Å². The van der Waals surface area contributed by atoms with Gasteiger partial charge >= 0.3 is 5.97 Å². The molecule has 1 aromatic rings. The predicted molar refractivity (Wildman–Crippen MR) is 79.0 cm³/mol. The molecular weight excluding hydrogens is 316 g/mol. The monoisotopic (exact) mass is 332 g/mol. The van der Waals surface area contributed by atoms with E-state index in [1.54, 1.807) is 7.05 Å². The fraction of sp³-hybridized carbons (Fsp3) is 0.462. The molecule has 0 spiro atoms. The molecule has 116 valence electrons. The molecule has 21 heavy (non-hydrogen) atoms. The molecule has 1 aliphatic heterocycles. The number of esters is 1. The highest BCUT2D eigenvalue weighted by molar-refractivity contribution is 7.89. The molecule has 0 amide bonds. The number of carbonyl (C=O) groups is 1. The number of carbonyl (C=O) groups excluding carboxylic acids is 1. The van der Waals surface area contributed by atoms with Gasteiger partial charge in [-0.25, -0.2) is 13.2 Å². The summed E-state index contributed by atoms with van der Waals surface area (Å²) in [6.07, 6.45) is 0.768. The van der Waals surface area contributed by atoms with Gasteiger partial charge in [-0.15, -0.1) is 0 Å². The van der Waals surface area contributed by atoms with Gasteiger partial charge in [0.1, 0.15) is 0 Å². The summed E-state index contributed by atoms with van der Waals surface area (Å²) >= 11 is 5.98. The van der Waals surface area contributed by atoms with E-state index < -0.39 is 16.0 Å². The number of likely N-dealkylation sites (N-methyl/N-ethyl adjacent to an activating group) is 1. The zero-order valence-corrected chi connectivity index (χ0v) is 13.4. The molecule has 1 N–H and O–H groups in total. The molecule has 0 aliphatic carbocycles. The van der Waals surface area contributed by atoms with E-state index in [1.807, 2.05) is 0 Å². The van der Waals surface area contributed by atoms with Crippen molar-refractivity contribution in [1.29, 1.82) is 0 Å². The van der Waals surface area contributed by atoms with Crippen LogP contribution in [0.1, 0.15) is 16.8 Å². The van der Waals surface area contributed by atoms with Crippen LogP contribution in [-0.4, -0.2) is 52.0 Å². The SMILES string of the molecule is COC(=O)c1ccc(S(=O)(=O)N(C)C2CCNC2)cc1Cl. The van der Waals surface area contributed by atoms with Crippen molar-refractivity contribution in [3.05, 3.63) is 28.8 Å². The summed E-state index contributed by atoms with van der Waals surface area (Å²) in [5, 5.41) is 3.18. The van der Waals surface area contributed by atoms with Gasteiger partial charge < -0.3 is 10.1 Å². The second-order valence-electron chi connectivity index (χ2n) is 4.80. The smallest absolute Gasteiger partial charge is 0.339 e. The van der Waals surface area contributed by atoms with Crippen molar-refractivity contribution in [2.45, 2.75) is 17.4 Å². The number of nitrogens with zero attached hydrogens (tertiary/aromatic N) is 1. The quantitative estimate of drug-likeness (QED) is 0.836. The van der Waals surface area contributed by atoms with Gasteiger partial charge in [-0.2, -0.15) is 4.31 Å². The fourth-order valence-electron chi connectivity index (χ4n) is 2.24. The number of nitrogens with one attached hydrogen (secondary N) is 1. The van der Waals surface area contributed by atoms with E-state index in [1.165, 1.54) is 29.6 Å². The van der Waals surface area contributed by atoms with Gasteiger partial charge in [0.2, 0.25) is 10.0 Å². The third kappa shape index (κ3) is 3.21. The molecule has 1 unspecified atom stereocenters. The Morgan fingerprint density at radius 3 is 2.71 bits per heavy atom. The summed E-state index contributed by atoms with van der Waals surface area (Å²) in [6.45, 7) is 1.43. The Balaban J connectivity index is 2.32. The first kappa shape index (κ1) is 16.2. The van der Waals surface area contributed by atoms with Crippen molar-refractivity contribution in [1.82, 2.24) is 9.62 Å². The molecule has 8 heteroatoms. The highest BCUT2D eigenvalue weighted by Crippen LogP contribution is 2.25. The maximum Gasteiger partial charge on any atom is 0.339 e. The van der Waals surface area contributed by atoms with E-state index in [4.69, 9.17) is 11.6 Å². The first-order chi connectivity index (χ1) is 9.87. The Morgan fingerprint density at radius 1 is 1.48 bits per heavy atom. The molecule has 1 fully saturated rings. The summed E-state index contributed by atoms with van der Waals surface area (Å²) in [4.78, 5) is 11.5. The van der Waals surface area contributed by atoms with E-state index in [2.05, 4.69) is 10.1 Å². The number of halogens is 1. The van der Waals surface area contributed by atoms with Gasteiger partial charge in [-0.3, -0.25) is 0 Å². The summed E-state index contributed by atoms with van der Waals surface area (Å²) in [5.74, 6) is -0.600. The minimum absolute atomic E-state index is 0.0564. The van der Waals surface area contributed by atoms with Crippen molar-refractivity contribution in [3.63, 3.8) is 0 Å². The van der Waals surface area contributed by atoms with Crippen LogP contribution >= 0.6 is 11.6 Å². The minimum Gasteiger partial charge on any atom is -0.465 e. The average Bonchev–Trinajstić information content (AvgIpc) is 2.99. The Hall–Kier alpha value is -1.15. The molecule has 1 heterocycles. The van der Waals surface area contributed by atoms with E-state index in [-0.39, 0.29) is 21.5 Å². The lowest BCUT2D eigenvalue weighted by molar-refractivity contribution is 0.0601. The summed E-state index contributed by atoms with van der Waals surface area (Å²) in [7, 11) is -0.846. The van der Waals surface area contributed by atoms with Crippen LogP contribution in [0.25, 0.3) is 0 Å². The van der Waals surface area contributed by atoms with E-state index in [9.17, 15) is 13.2 Å². The van der Waals surface area contributed by atoms with Crippen LogP contribution in [0.2, 0.25) is 5.02 Å². The summed E-state index contributed by atoms with van der Waals surface area (Å²) in [6, 6.07) is 3.94. The third-order valence-corrected chi connectivity index (χ3v) is 5.79. The zero-order chi connectivity index (χ0) is 15.6. The second-order valence-corrected chi connectivity index (χ2v) is 7.21. The average molecular weight is 333 g/mol. The molecule has 0 radical (unpaired) electrons. The molecule has 1 aromatic carbocycles. The van der Waals surface area contributed by atoms with Crippen LogP contribution in [0.3, 0.4) is 0 Å². The first-order valence-corrected chi connectivity index (χ1v) is 8.26. The molecule has 0 bridgehead atoms. The van der Waals surface area contributed by atoms with E-state index >= 15 is 0 Å². The minimum atomic E-state index is -3.64. The van der Waals surface area contributed by atoms with E-state index in [0.29, 0.717) is 6.54 Å². The van der Waals surface area contributed by atoms with Crippen molar-refractivity contribution in [2.24, 2.45) is 0 Å². The molecule has 2 rings (SSSR count). The number of rotatable bonds is 4. The summed E-state index contributed by atoms with van der Waals surface area (Å²) < 4.78 is 31.0. The van der Waals surface area contributed by atoms with Crippen molar-refractivity contribution in [2.75, 3.05) is 27.2 Å². The Morgan fingerprint density at radius 2 is 2.19 bits per heavy atom. The summed E-state index contributed by atoms with van der Waals surface area (Å²) in [5.41, 5.74) is 0.142. The van der Waals surface area contributed by atoms with Crippen molar-refractivity contribution >= 4 is 27.6 Å². The normalized spacial score (nSPS) is 19.0. The molecule has 0 saturated carbocycles. The first-order valence-electron chi connectivity index (χ1n) is 6.44. The molecule has 6 nitrogen and oxygen atoms in total. The number of methoxy groups -OCH3 is 1. The largest absolute Gasteiger partial charge is 0.465 e. The maximum atomic E-state index is 12.5. The Labute approximate surface area is 129 Å². The lowest BCUT2D eigenvalue weighted by Gasteiger charge is -2.23. The zero-order valence-electron chi connectivity index (χ0n) is 11.8. The standard InChI is InChI=1S/C13H17ClN2O4S/c1-16(9-5-6-15-8-9)21(18,19)10-3-4-11(12(14)7-10)13(17)20-2/h3-4,7,9,15H,5-6,8H2,1-2H3. The van der Waals surface area contributed by atoms with Crippen LogP contribution in [0.4, 0.5) is 0 Å². The molecular formula is C13H17ClN2O4S. The van der Waals surface area contributed by atoms with Crippen LogP contribution in [0, 0.1) is 0 Å². The third-order valence-electron chi connectivity index (χ3n) is 3.57. The fourth-order valence-corrected chi connectivity index (χ4v) is 3.98. The highest BCUT2D eigenvalue weighted by atomic mass is 35.5. The van der Waals surface area contributed by atoms with E-state index in [0.717, 1.165) is 13.0 Å². The number of ether oxygens (including phenoxy) is 1. The topological polar surface area (TPSA) is 75.7 Å². The van der Waals surface area contributed by atoms with Gasteiger partial charge in [-0.1, -0.05) is 11.6 Å².